The number of nitrogens with one attached hydrogen (secondary N) is 1. The lowest BCUT2D eigenvalue weighted by Gasteiger charge is -2.22. The number of carbonyl (C=O) groups is 2. The minimum Gasteiger partial charge on any atom is -0.354 e. The molecule has 5 nitrogen and oxygen atoms in total. The molecule has 0 aromatic rings. The highest BCUT2D eigenvalue weighted by Gasteiger charge is 2.36. The van der Waals surface area contributed by atoms with Crippen LogP contribution in [0, 0.1) is 0 Å². The minimum absolute atomic E-state index is 0.0206. The van der Waals surface area contributed by atoms with Crippen LogP contribution in [0.25, 0.3) is 0 Å². The van der Waals surface area contributed by atoms with Crippen molar-refractivity contribution in [3.63, 3.8) is 0 Å². The van der Waals surface area contributed by atoms with Crippen LogP contribution in [0.2, 0.25) is 0 Å². The van der Waals surface area contributed by atoms with Crippen LogP contribution in [0.15, 0.2) is 0 Å². The Balaban J connectivity index is 1.63. The molecule has 5 heteroatoms. The lowest BCUT2D eigenvalue weighted by atomic mass is 9.98. The van der Waals surface area contributed by atoms with Crippen LogP contribution in [-0.2, 0) is 9.59 Å². The third-order valence-electron chi connectivity index (χ3n) is 4.01. The van der Waals surface area contributed by atoms with E-state index in [9.17, 15) is 9.59 Å². The molecule has 0 atom stereocenters. The van der Waals surface area contributed by atoms with Gasteiger partial charge in [0.1, 0.15) is 0 Å². The number of nitrogens with two attached hydrogens (primary N) is 1. The molecule has 0 bridgehead atoms. The number of rotatable bonds is 5. The molecule has 2 amide bonds. The summed E-state index contributed by atoms with van der Waals surface area (Å²) in [7, 11) is 0. The Labute approximate surface area is 108 Å². The fraction of sp³-hybridized carbons (Fsp3) is 0.846. The number of nitrogens with zero attached hydrogens (tertiary/aromatic N) is 1. The Morgan fingerprint density at radius 3 is 2.67 bits per heavy atom. The first-order valence-corrected chi connectivity index (χ1v) is 6.97. The van der Waals surface area contributed by atoms with Gasteiger partial charge in [-0.2, -0.15) is 0 Å². The summed E-state index contributed by atoms with van der Waals surface area (Å²) >= 11 is 0. The van der Waals surface area contributed by atoms with Gasteiger partial charge in [0.05, 0.1) is 5.54 Å². The molecule has 102 valence electrons. The van der Waals surface area contributed by atoms with Crippen LogP contribution < -0.4 is 11.1 Å². The molecule has 1 saturated carbocycles. The molecule has 0 spiro atoms. The van der Waals surface area contributed by atoms with Gasteiger partial charge in [0.2, 0.25) is 11.8 Å². The molecular weight excluding hydrogens is 230 g/mol. The zero-order valence-electron chi connectivity index (χ0n) is 10.9. The maximum Gasteiger partial charge on any atom is 0.240 e. The third-order valence-corrected chi connectivity index (χ3v) is 4.01. The van der Waals surface area contributed by atoms with Gasteiger partial charge in [0.25, 0.3) is 0 Å². The molecule has 2 aliphatic rings. The molecule has 1 heterocycles. The topological polar surface area (TPSA) is 75.4 Å². The summed E-state index contributed by atoms with van der Waals surface area (Å²) in [5.41, 5.74) is 5.42. The van der Waals surface area contributed by atoms with E-state index < -0.39 is 5.54 Å². The van der Waals surface area contributed by atoms with Crippen LogP contribution in [0.5, 0.6) is 0 Å². The van der Waals surface area contributed by atoms with Crippen molar-refractivity contribution in [2.45, 2.75) is 50.5 Å². The zero-order valence-corrected chi connectivity index (χ0v) is 10.9. The van der Waals surface area contributed by atoms with E-state index in [1.165, 1.54) is 0 Å². The smallest absolute Gasteiger partial charge is 0.240 e. The van der Waals surface area contributed by atoms with Gasteiger partial charge in [-0.05, 0) is 25.7 Å². The van der Waals surface area contributed by atoms with E-state index in [-0.39, 0.29) is 11.8 Å². The first-order chi connectivity index (χ1) is 8.62. The average Bonchev–Trinajstić information content (AvgIpc) is 2.95. The Bertz CT molecular complexity index is 324. The molecule has 1 aliphatic carbocycles. The number of hydrogen-bond acceptors (Lipinski definition) is 3. The predicted octanol–water partition coefficient (Wildman–Crippen LogP) is 0.387. The fourth-order valence-corrected chi connectivity index (χ4v) is 2.82. The van der Waals surface area contributed by atoms with Gasteiger partial charge >= 0.3 is 0 Å². The molecule has 0 unspecified atom stereocenters. The second-order valence-corrected chi connectivity index (χ2v) is 5.46. The maximum absolute atomic E-state index is 11.9. The number of hydrogen-bond donors (Lipinski definition) is 2. The highest BCUT2D eigenvalue weighted by molar-refractivity contribution is 5.86. The largest absolute Gasteiger partial charge is 0.354 e. The van der Waals surface area contributed by atoms with Crippen LogP contribution in [0.1, 0.15) is 44.9 Å². The van der Waals surface area contributed by atoms with E-state index in [2.05, 4.69) is 5.32 Å². The average molecular weight is 253 g/mol. The summed E-state index contributed by atoms with van der Waals surface area (Å²) in [6.45, 7) is 2.23. The quantitative estimate of drug-likeness (QED) is 0.696. The Morgan fingerprint density at radius 1 is 1.33 bits per heavy atom. The molecule has 1 aliphatic heterocycles. The number of amides is 2. The van der Waals surface area contributed by atoms with E-state index in [0.29, 0.717) is 13.0 Å². The Kier molecular flexibility index (Phi) is 4.22. The summed E-state index contributed by atoms with van der Waals surface area (Å²) in [4.78, 5) is 25.2. The van der Waals surface area contributed by atoms with Crippen LogP contribution >= 0.6 is 0 Å². The summed E-state index contributed by atoms with van der Waals surface area (Å²) in [6, 6.07) is 0. The van der Waals surface area contributed by atoms with Crippen LogP contribution in [0.3, 0.4) is 0 Å². The van der Waals surface area contributed by atoms with E-state index in [1.807, 2.05) is 4.90 Å². The lowest BCUT2D eigenvalue weighted by Crippen LogP contribution is -2.52. The van der Waals surface area contributed by atoms with Crippen molar-refractivity contribution in [2.75, 3.05) is 19.6 Å². The van der Waals surface area contributed by atoms with Crippen LogP contribution in [-0.4, -0.2) is 41.9 Å². The maximum atomic E-state index is 11.9. The molecule has 1 saturated heterocycles. The van der Waals surface area contributed by atoms with Crippen molar-refractivity contribution in [1.82, 2.24) is 10.2 Å². The predicted molar refractivity (Wildman–Crippen MR) is 68.8 cm³/mol. The third kappa shape index (κ3) is 3.02. The Hall–Kier alpha value is -1.10. The van der Waals surface area contributed by atoms with E-state index in [1.54, 1.807) is 0 Å². The van der Waals surface area contributed by atoms with Crippen molar-refractivity contribution in [3.05, 3.63) is 0 Å². The first kappa shape index (κ1) is 13.3. The van der Waals surface area contributed by atoms with E-state index in [0.717, 1.165) is 51.6 Å². The van der Waals surface area contributed by atoms with Gasteiger partial charge in [-0.1, -0.05) is 12.8 Å². The van der Waals surface area contributed by atoms with Crippen molar-refractivity contribution < 1.29 is 9.59 Å². The van der Waals surface area contributed by atoms with Gasteiger partial charge in [-0.15, -0.1) is 0 Å². The van der Waals surface area contributed by atoms with E-state index in [4.69, 9.17) is 5.73 Å². The van der Waals surface area contributed by atoms with Crippen molar-refractivity contribution in [1.29, 1.82) is 0 Å². The summed E-state index contributed by atoms with van der Waals surface area (Å²) < 4.78 is 0. The molecule has 0 aromatic heterocycles. The molecule has 18 heavy (non-hydrogen) atoms. The number of carbonyl (C=O) groups excluding carboxylic acids is 2. The van der Waals surface area contributed by atoms with Gasteiger partial charge < -0.3 is 16.0 Å². The first-order valence-electron chi connectivity index (χ1n) is 6.97. The summed E-state index contributed by atoms with van der Waals surface area (Å²) in [5, 5.41) is 2.90. The lowest BCUT2D eigenvalue weighted by molar-refractivity contribution is -0.127. The normalized spacial score (nSPS) is 22.5. The van der Waals surface area contributed by atoms with Gasteiger partial charge in [0.15, 0.2) is 0 Å². The van der Waals surface area contributed by atoms with Gasteiger partial charge in [-0.25, -0.2) is 0 Å². The van der Waals surface area contributed by atoms with Crippen LogP contribution in [0.4, 0.5) is 0 Å². The minimum atomic E-state index is -0.635. The summed E-state index contributed by atoms with van der Waals surface area (Å²) in [6.07, 6.45) is 6.15. The Morgan fingerprint density at radius 2 is 2.06 bits per heavy atom. The van der Waals surface area contributed by atoms with Gasteiger partial charge in [0, 0.05) is 26.1 Å². The molecular formula is C13H23N3O2. The van der Waals surface area contributed by atoms with Crippen molar-refractivity contribution in [2.24, 2.45) is 5.73 Å². The molecule has 2 fully saturated rings. The fourth-order valence-electron chi connectivity index (χ4n) is 2.82. The molecule has 0 radical (unpaired) electrons. The highest BCUT2D eigenvalue weighted by atomic mass is 16.2. The monoisotopic (exact) mass is 253 g/mol. The second kappa shape index (κ2) is 5.69. The summed E-state index contributed by atoms with van der Waals surface area (Å²) in [5.74, 6) is 0.222. The highest BCUT2D eigenvalue weighted by Crippen LogP contribution is 2.27. The number of likely N-dealkylation sites (tertiary alicyclic amines) is 1. The zero-order chi connectivity index (χ0) is 13.0. The van der Waals surface area contributed by atoms with Gasteiger partial charge in [-0.3, -0.25) is 9.59 Å². The molecule has 0 aromatic carbocycles. The standard InChI is InChI=1S/C13H23N3O2/c14-13(6-1-2-7-13)12(18)15-8-4-10-16-9-3-5-11(16)17/h1-10,14H2,(H,15,18). The molecule has 2 rings (SSSR count). The van der Waals surface area contributed by atoms with Crippen molar-refractivity contribution >= 4 is 11.8 Å². The SMILES string of the molecule is NC1(C(=O)NCCCN2CCCC2=O)CCCC1. The second-order valence-electron chi connectivity index (χ2n) is 5.46. The molecule has 3 N–H and O–H groups in total. The van der Waals surface area contributed by atoms with E-state index >= 15 is 0 Å². The van der Waals surface area contributed by atoms with Crippen molar-refractivity contribution in [3.8, 4) is 0 Å².